The molecule has 3 rings (SSSR count). The van der Waals surface area contributed by atoms with E-state index in [-0.39, 0.29) is 10.8 Å². The molecule has 2 aliphatic rings. The first kappa shape index (κ1) is 13.1. The van der Waals surface area contributed by atoms with Crippen LogP contribution in [0.3, 0.4) is 0 Å². The molecule has 0 aliphatic heterocycles. The van der Waals surface area contributed by atoms with Gasteiger partial charge in [0.1, 0.15) is 11.6 Å². The normalized spacial score (nSPS) is 28.8. The van der Waals surface area contributed by atoms with Crippen LogP contribution < -0.4 is 0 Å². The molecular formula is C16H18ClFO. The summed E-state index contributed by atoms with van der Waals surface area (Å²) in [6.45, 7) is 0. The number of ketones is 1. The number of benzene rings is 1. The Morgan fingerprint density at radius 3 is 2.79 bits per heavy atom. The van der Waals surface area contributed by atoms with Crippen LogP contribution >= 0.6 is 11.6 Å². The van der Waals surface area contributed by atoms with Crippen molar-refractivity contribution < 1.29 is 9.18 Å². The molecule has 1 aromatic rings. The van der Waals surface area contributed by atoms with E-state index in [0.717, 1.165) is 17.4 Å². The van der Waals surface area contributed by atoms with E-state index in [9.17, 15) is 9.18 Å². The largest absolute Gasteiger partial charge is 0.299 e. The fourth-order valence-corrected chi connectivity index (χ4v) is 3.99. The number of fused-ring (bicyclic) bond motifs is 2. The molecule has 2 bridgehead atoms. The fourth-order valence-electron chi connectivity index (χ4n) is 3.87. The zero-order chi connectivity index (χ0) is 13.4. The smallest absolute Gasteiger partial charge is 0.142 e. The summed E-state index contributed by atoms with van der Waals surface area (Å²) in [5, 5.41) is 0.115. The van der Waals surface area contributed by atoms with Crippen LogP contribution in [0, 0.1) is 23.6 Å². The van der Waals surface area contributed by atoms with Crippen LogP contribution in [0.5, 0.6) is 0 Å². The molecular weight excluding hydrogens is 263 g/mol. The summed E-state index contributed by atoms with van der Waals surface area (Å²) < 4.78 is 13.3. The van der Waals surface area contributed by atoms with Gasteiger partial charge in [-0.15, -0.1) is 0 Å². The van der Waals surface area contributed by atoms with Gasteiger partial charge in [0.05, 0.1) is 5.02 Å². The van der Waals surface area contributed by atoms with Gasteiger partial charge in [0.2, 0.25) is 0 Å². The van der Waals surface area contributed by atoms with Crippen molar-refractivity contribution in [1.82, 2.24) is 0 Å². The number of hydrogen-bond acceptors (Lipinski definition) is 1. The maximum atomic E-state index is 13.3. The maximum Gasteiger partial charge on any atom is 0.142 e. The fraction of sp³-hybridized carbons (Fsp3) is 0.562. The van der Waals surface area contributed by atoms with Crippen LogP contribution in [-0.2, 0) is 11.2 Å². The number of hydrogen-bond donors (Lipinski definition) is 0. The molecule has 0 saturated heterocycles. The van der Waals surface area contributed by atoms with Crippen molar-refractivity contribution in [2.24, 2.45) is 17.8 Å². The lowest BCUT2D eigenvalue weighted by atomic mass is 9.84. The highest BCUT2D eigenvalue weighted by Crippen LogP contribution is 2.49. The van der Waals surface area contributed by atoms with Gasteiger partial charge in [0.25, 0.3) is 0 Å². The number of carbonyl (C=O) groups excluding carboxylic acids is 1. The highest BCUT2D eigenvalue weighted by molar-refractivity contribution is 6.30. The lowest BCUT2D eigenvalue weighted by Gasteiger charge is -2.20. The Kier molecular flexibility index (Phi) is 3.62. The summed E-state index contributed by atoms with van der Waals surface area (Å²) in [5.41, 5.74) is 0.732. The zero-order valence-corrected chi connectivity index (χ0v) is 11.6. The van der Waals surface area contributed by atoms with Crippen molar-refractivity contribution in [2.45, 2.75) is 38.5 Å². The monoisotopic (exact) mass is 280 g/mol. The summed E-state index contributed by atoms with van der Waals surface area (Å²) in [6, 6.07) is 4.64. The Morgan fingerprint density at radius 1 is 1.32 bits per heavy atom. The van der Waals surface area contributed by atoms with Gasteiger partial charge < -0.3 is 0 Å². The van der Waals surface area contributed by atoms with E-state index in [1.54, 1.807) is 6.07 Å². The van der Waals surface area contributed by atoms with E-state index in [1.165, 1.54) is 37.8 Å². The first-order valence-corrected chi connectivity index (χ1v) is 7.45. The highest BCUT2D eigenvalue weighted by atomic mass is 35.5. The molecule has 0 N–H and O–H groups in total. The third-order valence-corrected chi connectivity index (χ3v) is 5.07. The third kappa shape index (κ3) is 2.84. The van der Waals surface area contributed by atoms with Gasteiger partial charge in [-0.2, -0.15) is 0 Å². The first-order valence-electron chi connectivity index (χ1n) is 7.07. The summed E-state index contributed by atoms with van der Waals surface area (Å²) in [7, 11) is 0. The molecule has 2 fully saturated rings. The Bertz CT molecular complexity index is 500. The van der Waals surface area contributed by atoms with Gasteiger partial charge in [0.15, 0.2) is 0 Å². The van der Waals surface area contributed by atoms with Gasteiger partial charge in [0, 0.05) is 12.8 Å². The molecule has 2 aliphatic carbocycles. The molecule has 3 atom stereocenters. The van der Waals surface area contributed by atoms with Crippen LogP contribution in [0.15, 0.2) is 18.2 Å². The molecule has 1 aromatic carbocycles. The van der Waals surface area contributed by atoms with Crippen LogP contribution in [0.2, 0.25) is 5.02 Å². The number of carbonyl (C=O) groups is 1. The van der Waals surface area contributed by atoms with Gasteiger partial charge >= 0.3 is 0 Å². The van der Waals surface area contributed by atoms with Crippen molar-refractivity contribution >= 4 is 17.4 Å². The second-order valence-electron chi connectivity index (χ2n) is 6.10. The standard InChI is InChI=1S/C16H18ClFO/c17-15-4-2-11(8-16(15)18)7-14(19)9-13-6-10-1-3-12(13)5-10/h2,4,8,10,12-13H,1,3,5-7,9H2. The highest BCUT2D eigenvalue weighted by Gasteiger charge is 2.39. The second kappa shape index (κ2) is 5.24. The Labute approximate surface area is 118 Å². The van der Waals surface area contributed by atoms with Crippen molar-refractivity contribution in [2.75, 3.05) is 0 Å². The van der Waals surface area contributed by atoms with Crippen LogP contribution in [0.25, 0.3) is 0 Å². The minimum absolute atomic E-state index is 0.115. The molecule has 0 spiro atoms. The predicted molar refractivity (Wildman–Crippen MR) is 73.7 cm³/mol. The number of rotatable bonds is 4. The lowest BCUT2D eigenvalue weighted by molar-refractivity contribution is -0.119. The third-order valence-electron chi connectivity index (χ3n) is 4.76. The average molecular weight is 281 g/mol. The Morgan fingerprint density at radius 2 is 2.16 bits per heavy atom. The lowest BCUT2D eigenvalue weighted by Crippen LogP contribution is -2.16. The van der Waals surface area contributed by atoms with Gasteiger partial charge in [-0.1, -0.05) is 24.1 Å². The van der Waals surface area contributed by atoms with Crippen molar-refractivity contribution in [3.63, 3.8) is 0 Å². The van der Waals surface area contributed by atoms with E-state index in [4.69, 9.17) is 11.6 Å². The van der Waals surface area contributed by atoms with Crippen molar-refractivity contribution in [3.8, 4) is 0 Å². The molecule has 0 radical (unpaired) electrons. The minimum Gasteiger partial charge on any atom is -0.299 e. The van der Waals surface area contributed by atoms with Crippen molar-refractivity contribution in [1.29, 1.82) is 0 Å². The first-order chi connectivity index (χ1) is 9.11. The van der Waals surface area contributed by atoms with E-state index in [2.05, 4.69) is 0 Å². The molecule has 3 unspecified atom stereocenters. The average Bonchev–Trinajstić information content (AvgIpc) is 2.96. The van der Waals surface area contributed by atoms with Crippen LogP contribution in [-0.4, -0.2) is 5.78 Å². The summed E-state index contributed by atoms with van der Waals surface area (Å²) >= 11 is 5.64. The zero-order valence-electron chi connectivity index (χ0n) is 10.9. The molecule has 1 nitrogen and oxygen atoms in total. The number of halogens is 2. The summed E-state index contributed by atoms with van der Waals surface area (Å²) in [4.78, 5) is 12.1. The van der Waals surface area contributed by atoms with Crippen LogP contribution in [0.4, 0.5) is 4.39 Å². The van der Waals surface area contributed by atoms with Crippen molar-refractivity contribution in [3.05, 3.63) is 34.6 Å². The van der Waals surface area contributed by atoms with E-state index in [0.29, 0.717) is 18.8 Å². The molecule has 0 amide bonds. The molecule has 3 heteroatoms. The summed E-state index contributed by atoms with van der Waals surface area (Å²) in [6.07, 6.45) is 6.22. The Balaban J connectivity index is 1.57. The quantitative estimate of drug-likeness (QED) is 0.798. The predicted octanol–water partition coefficient (Wildman–Crippen LogP) is 4.42. The summed E-state index contributed by atoms with van der Waals surface area (Å²) in [5.74, 6) is 2.03. The number of Topliss-reactive ketones (excluding diaryl/α,β-unsaturated/α-hetero) is 1. The molecule has 19 heavy (non-hydrogen) atoms. The second-order valence-corrected chi connectivity index (χ2v) is 6.51. The Hall–Kier alpha value is -0.890. The van der Waals surface area contributed by atoms with Gasteiger partial charge in [-0.3, -0.25) is 4.79 Å². The molecule has 2 saturated carbocycles. The van der Waals surface area contributed by atoms with Gasteiger partial charge in [-0.25, -0.2) is 4.39 Å². The SMILES string of the molecule is O=C(Cc1ccc(Cl)c(F)c1)CC1CC2CCC1C2. The van der Waals surface area contributed by atoms with Gasteiger partial charge in [-0.05, 0) is 54.7 Å². The molecule has 0 aromatic heterocycles. The molecule has 102 valence electrons. The van der Waals surface area contributed by atoms with E-state index >= 15 is 0 Å². The topological polar surface area (TPSA) is 17.1 Å². The maximum absolute atomic E-state index is 13.3. The van der Waals surface area contributed by atoms with Crippen LogP contribution in [0.1, 0.15) is 37.7 Å². The van der Waals surface area contributed by atoms with E-state index in [1.807, 2.05) is 0 Å². The molecule has 0 heterocycles. The minimum atomic E-state index is -0.438. The van der Waals surface area contributed by atoms with E-state index < -0.39 is 5.82 Å².